The lowest BCUT2D eigenvalue weighted by Crippen LogP contribution is -2.28. The molecular formula is C21H24N2O5. The lowest BCUT2D eigenvalue weighted by atomic mass is 10.0. The maximum absolute atomic E-state index is 12.7. The van der Waals surface area contributed by atoms with E-state index in [1.165, 1.54) is 14.0 Å². The summed E-state index contributed by atoms with van der Waals surface area (Å²) < 4.78 is 11.6. The predicted molar refractivity (Wildman–Crippen MR) is 104 cm³/mol. The highest BCUT2D eigenvalue weighted by atomic mass is 16.5. The van der Waals surface area contributed by atoms with E-state index in [0.29, 0.717) is 18.8 Å². The fourth-order valence-corrected chi connectivity index (χ4v) is 2.88. The zero-order chi connectivity index (χ0) is 20.8. The number of rotatable bonds is 8. The van der Waals surface area contributed by atoms with E-state index < -0.39 is 17.2 Å². The largest absolute Gasteiger partial charge is 0.494 e. The molecule has 1 aromatic heterocycles. The second-order valence-electron chi connectivity index (χ2n) is 6.57. The summed E-state index contributed by atoms with van der Waals surface area (Å²) in [5, 5.41) is 19.9. The SMILES string of the molecule is COCCCn1c(O)c(C(=O)COc2ccc(C)c(C)c2)c(C)c(C#N)c1=O. The van der Waals surface area contributed by atoms with Gasteiger partial charge in [0.2, 0.25) is 11.7 Å². The van der Waals surface area contributed by atoms with Gasteiger partial charge in [-0.1, -0.05) is 6.07 Å². The Morgan fingerprint density at radius 2 is 1.96 bits per heavy atom. The second-order valence-corrected chi connectivity index (χ2v) is 6.57. The second kappa shape index (κ2) is 9.20. The number of methoxy groups -OCH3 is 1. The van der Waals surface area contributed by atoms with E-state index in [0.717, 1.165) is 15.7 Å². The molecule has 0 atom stereocenters. The van der Waals surface area contributed by atoms with Gasteiger partial charge >= 0.3 is 0 Å². The van der Waals surface area contributed by atoms with Crippen LogP contribution in [0, 0.1) is 32.1 Å². The fourth-order valence-electron chi connectivity index (χ4n) is 2.88. The molecule has 0 aliphatic heterocycles. The summed E-state index contributed by atoms with van der Waals surface area (Å²) in [5.41, 5.74) is 1.43. The van der Waals surface area contributed by atoms with Gasteiger partial charge in [0, 0.05) is 20.3 Å². The van der Waals surface area contributed by atoms with E-state index in [-0.39, 0.29) is 29.8 Å². The van der Waals surface area contributed by atoms with Crippen molar-refractivity contribution in [3.63, 3.8) is 0 Å². The van der Waals surface area contributed by atoms with Gasteiger partial charge in [0.1, 0.15) is 17.4 Å². The molecule has 0 radical (unpaired) electrons. The monoisotopic (exact) mass is 384 g/mol. The molecule has 1 N–H and O–H groups in total. The van der Waals surface area contributed by atoms with Crippen LogP contribution in [-0.4, -0.2) is 35.8 Å². The zero-order valence-corrected chi connectivity index (χ0v) is 16.5. The Balaban J connectivity index is 2.35. The van der Waals surface area contributed by atoms with E-state index in [1.54, 1.807) is 6.07 Å². The number of hydrogen-bond donors (Lipinski definition) is 1. The Morgan fingerprint density at radius 3 is 2.57 bits per heavy atom. The average molecular weight is 384 g/mol. The minimum Gasteiger partial charge on any atom is -0.494 e. The van der Waals surface area contributed by atoms with Gasteiger partial charge in [0.15, 0.2) is 6.61 Å². The van der Waals surface area contributed by atoms with Gasteiger partial charge < -0.3 is 14.6 Å². The molecule has 0 saturated carbocycles. The normalized spacial score (nSPS) is 10.5. The molecule has 0 unspecified atom stereocenters. The topological polar surface area (TPSA) is 102 Å². The van der Waals surface area contributed by atoms with Gasteiger partial charge in [-0.3, -0.25) is 14.2 Å². The van der Waals surface area contributed by atoms with Crippen LogP contribution in [0.15, 0.2) is 23.0 Å². The molecule has 7 heteroatoms. The number of pyridine rings is 1. The number of aromatic nitrogens is 1. The molecule has 0 amide bonds. The van der Waals surface area contributed by atoms with Gasteiger partial charge in [-0.15, -0.1) is 0 Å². The number of hydrogen-bond acceptors (Lipinski definition) is 6. The van der Waals surface area contributed by atoms with Crippen LogP contribution in [-0.2, 0) is 11.3 Å². The van der Waals surface area contributed by atoms with Gasteiger partial charge in [-0.2, -0.15) is 5.26 Å². The number of aryl methyl sites for hydroxylation is 2. The third-order valence-electron chi connectivity index (χ3n) is 4.66. The van der Waals surface area contributed by atoms with Crippen molar-refractivity contribution in [3.8, 4) is 17.7 Å². The standard InChI is InChI=1S/C21H24N2O5/c1-13-6-7-16(10-14(13)2)28-12-18(24)19-15(3)17(11-22)20(25)23(21(19)26)8-5-9-27-4/h6-7,10,26H,5,8-9,12H2,1-4H3. The highest BCUT2D eigenvalue weighted by Gasteiger charge is 2.24. The smallest absolute Gasteiger partial charge is 0.271 e. The Morgan fingerprint density at radius 1 is 1.25 bits per heavy atom. The summed E-state index contributed by atoms with van der Waals surface area (Å²) >= 11 is 0. The first kappa shape index (κ1) is 21.2. The van der Waals surface area contributed by atoms with Crippen molar-refractivity contribution in [3.05, 3.63) is 56.4 Å². The van der Waals surface area contributed by atoms with Crippen LogP contribution in [0.4, 0.5) is 0 Å². The molecule has 0 bridgehead atoms. The number of aromatic hydroxyl groups is 1. The van der Waals surface area contributed by atoms with Crippen LogP contribution in [0.1, 0.15) is 39.0 Å². The number of nitrogens with zero attached hydrogens (tertiary/aromatic N) is 2. The zero-order valence-electron chi connectivity index (χ0n) is 16.5. The van der Waals surface area contributed by atoms with Crippen molar-refractivity contribution < 1.29 is 19.4 Å². The minimum atomic E-state index is -0.625. The van der Waals surface area contributed by atoms with Crippen molar-refractivity contribution in [2.45, 2.75) is 33.7 Å². The van der Waals surface area contributed by atoms with Crippen molar-refractivity contribution in [1.82, 2.24) is 4.57 Å². The number of nitriles is 1. The van der Waals surface area contributed by atoms with Gasteiger partial charge in [-0.05, 0) is 56.0 Å². The lowest BCUT2D eigenvalue weighted by Gasteiger charge is -2.16. The Hall–Kier alpha value is -3.11. The molecule has 1 aromatic carbocycles. The molecule has 1 heterocycles. The molecule has 0 saturated heterocycles. The fraction of sp³-hybridized carbons (Fsp3) is 0.381. The predicted octanol–water partition coefficient (Wildman–Crippen LogP) is 2.65. The summed E-state index contributed by atoms with van der Waals surface area (Å²) in [6.45, 7) is 5.57. The van der Waals surface area contributed by atoms with Crippen molar-refractivity contribution in [2.75, 3.05) is 20.3 Å². The molecule has 2 rings (SSSR count). The molecule has 0 spiro atoms. The van der Waals surface area contributed by atoms with Crippen molar-refractivity contribution in [1.29, 1.82) is 5.26 Å². The molecule has 2 aromatic rings. The third-order valence-corrected chi connectivity index (χ3v) is 4.66. The summed E-state index contributed by atoms with van der Waals surface area (Å²) in [6.07, 6.45) is 0.449. The number of Topliss-reactive ketones (excluding diaryl/α,β-unsaturated/α-hetero) is 1. The molecular weight excluding hydrogens is 360 g/mol. The molecule has 0 aliphatic rings. The van der Waals surface area contributed by atoms with Crippen LogP contribution < -0.4 is 10.3 Å². The van der Waals surface area contributed by atoms with Crippen LogP contribution in [0.3, 0.4) is 0 Å². The van der Waals surface area contributed by atoms with Crippen LogP contribution in [0.2, 0.25) is 0 Å². The molecule has 7 nitrogen and oxygen atoms in total. The Labute approximate surface area is 163 Å². The highest BCUT2D eigenvalue weighted by Crippen LogP contribution is 2.23. The molecule has 28 heavy (non-hydrogen) atoms. The first-order valence-corrected chi connectivity index (χ1v) is 8.90. The molecule has 0 fully saturated rings. The van der Waals surface area contributed by atoms with E-state index in [4.69, 9.17) is 9.47 Å². The van der Waals surface area contributed by atoms with Crippen LogP contribution >= 0.6 is 0 Å². The average Bonchev–Trinajstić information content (AvgIpc) is 2.66. The van der Waals surface area contributed by atoms with Crippen LogP contribution in [0.5, 0.6) is 11.6 Å². The molecule has 0 aliphatic carbocycles. The maximum Gasteiger partial charge on any atom is 0.271 e. The highest BCUT2D eigenvalue weighted by molar-refractivity contribution is 6.01. The first-order valence-electron chi connectivity index (χ1n) is 8.90. The van der Waals surface area contributed by atoms with E-state index in [2.05, 4.69) is 0 Å². The third kappa shape index (κ3) is 4.41. The van der Waals surface area contributed by atoms with Gasteiger partial charge in [0.05, 0.1) is 5.56 Å². The van der Waals surface area contributed by atoms with E-state index in [9.17, 15) is 20.0 Å². The summed E-state index contributed by atoms with van der Waals surface area (Å²) in [7, 11) is 1.53. The number of carbonyl (C=O) groups is 1. The number of carbonyl (C=O) groups excluding carboxylic acids is 1. The summed E-state index contributed by atoms with van der Waals surface area (Å²) in [5.74, 6) is -0.431. The van der Waals surface area contributed by atoms with Crippen molar-refractivity contribution >= 4 is 5.78 Å². The minimum absolute atomic E-state index is 0.0719. The number of ketones is 1. The van der Waals surface area contributed by atoms with Gasteiger partial charge in [-0.25, -0.2) is 0 Å². The lowest BCUT2D eigenvalue weighted by molar-refractivity contribution is 0.0916. The summed E-state index contributed by atoms with van der Waals surface area (Å²) in [4.78, 5) is 25.2. The van der Waals surface area contributed by atoms with E-state index >= 15 is 0 Å². The molecule has 148 valence electrons. The first-order chi connectivity index (χ1) is 13.3. The maximum atomic E-state index is 12.7. The van der Waals surface area contributed by atoms with Gasteiger partial charge in [0.25, 0.3) is 5.56 Å². The quantitative estimate of drug-likeness (QED) is 0.555. The van der Waals surface area contributed by atoms with E-state index in [1.807, 2.05) is 32.0 Å². The number of benzene rings is 1. The van der Waals surface area contributed by atoms with Crippen LogP contribution in [0.25, 0.3) is 0 Å². The summed E-state index contributed by atoms with van der Waals surface area (Å²) in [6, 6.07) is 7.31. The Kier molecular flexibility index (Phi) is 6.96. The number of ether oxygens (including phenoxy) is 2. The Bertz CT molecular complexity index is 986. The van der Waals surface area contributed by atoms with Crippen molar-refractivity contribution in [2.24, 2.45) is 0 Å².